The summed E-state index contributed by atoms with van der Waals surface area (Å²) >= 11 is 0. The van der Waals surface area contributed by atoms with Crippen molar-refractivity contribution in [2.45, 2.75) is 39.1 Å². The van der Waals surface area contributed by atoms with E-state index in [2.05, 4.69) is 0 Å². The van der Waals surface area contributed by atoms with Gasteiger partial charge in [-0.25, -0.2) is 0 Å². The molecule has 0 bridgehead atoms. The predicted molar refractivity (Wildman–Crippen MR) is 50.0 cm³/mol. The van der Waals surface area contributed by atoms with Crippen LogP contribution in [0.15, 0.2) is 11.8 Å². The van der Waals surface area contributed by atoms with Gasteiger partial charge < -0.3 is 14.6 Å². The molecule has 0 amide bonds. The fourth-order valence-electron chi connectivity index (χ4n) is 1.31. The van der Waals surface area contributed by atoms with E-state index in [4.69, 9.17) is 9.47 Å². The van der Waals surface area contributed by atoms with Gasteiger partial charge in [0.1, 0.15) is 11.9 Å². The molecule has 0 aromatic carbocycles. The molecule has 0 saturated heterocycles. The normalized spacial score (nSPS) is 25.3. The fourth-order valence-corrected chi connectivity index (χ4v) is 1.31. The third kappa shape index (κ3) is 2.71. The van der Waals surface area contributed by atoms with Gasteiger partial charge in [0.2, 0.25) is 0 Å². The maximum Gasteiger partial charge on any atom is 0.199 e. The minimum Gasteiger partial charge on any atom is -0.467 e. The zero-order chi connectivity index (χ0) is 9.84. The number of ether oxygens (including phenoxy) is 2. The van der Waals surface area contributed by atoms with Crippen molar-refractivity contribution < 1.29 is 14.6 Å². The molecular weight excluding hydrogens is 168 g/mol. The first-order valence-corrected chi connectivity index (χ1v) is 4.72. The average Bonchev–Trinajstić information content (AvgIpc) is 2.16. The largest absolute Gasteiger partial charge is 0.467 e. The van der Waals surface area contributed by atoms with Crippen LogP contribution in [0.1, 0.15) is 26.7 Å². The third-order valence-corrected chi connectivity index (χ3v) is 2.20. The topological polar surface area (TPSA) is 38.7 Å². The van der Waals surface area contributed by atoms with E-state index in [1.807, 2.05) is 19.9 Å². The van der Waals surface area contributed by atoms with E-state index in [9.17, 15) is 5.11 Å². The molecule has 0 fully saturated rings. The molecule has 13 heavy (non-hydrogen) atoms. The van der Waals surface area contributed by atoms with E-state index in [1.165, 1.54) is 0 Å². The van der Waals surface area contributed by atoms with Gasteiger partial charge in [-0.05, 0) is 18.4 Å². The average molecular weight is 186 g/mol. The molecule has 1 heterocycles. The second kappa shape index (κ2) is 4.63. The minimum absolute atomic E-state index is 0.182. The van der Waals surface area contributed by atoms with Crippen molar-refractivity contribution in [3.63, 3.8) is 0 Å². The summed E-state index contributed by atoms with van der Waals surface area (Å²) in [4.78, 5) is 0. The van der Waals surface area contributed by atoms with E-state index in [0.717, 1.165) is 12.8 Å². The van der Waals surface area contributed by atoms with Gasteiger partial charge in [-0.1, -0.05) is 13.8 Å². The molecule has 0 aromatic rings. The Hall–Kier alpha value is -0.540. The van der Waals surface area contributed by atoms with Gasteiger partial charge >= 0.3 is 0 Å². The Bertz CT molecular complexity index is 187. The molecule has 0 aliphatic carbocycles. The lowest BCUT2D eigenvalue weighted by Crippen LogP contribution is -2.27. The summed E-state index contributed by atoms with van der Waals surface area (Å²) in [5, 5.41) is 9.72. The lowest BCUT2D eigenvalue weighted by molar-refractivity contribution is -0.121. The monoisotopic (exact) mass is 186 g/mol. The van der Waals surface area contributed by atoms with Crippen LogP contribution in [0.5, 0.6) is 0 Å². The Morgan fingerprint density at radius 3 is 2.85 bits per heavy atom. The summed E-state index contributed by atoms with van der Waals surface area (Å²) < 4.78 is 10.5. The maximum absolute atomic E-state index is 9.72. The molecule has 0 radical (unpaired) electrons. The number of rotatable bonds is 3. The van der Waals surface area contributed by atoms with E-state index >= 15 is 0 Å². The van der Waals surface area contributed by atoms with Gasteiger partial charge in [-0.2, -0.15) is 0 Å². The quantitative estimate of drug-likeness (QED) is 0.728. The second-order valence-corrected chi connectivity index (χ2v) is 3.66. The van der Waals surface area contributed by atoms with Crippen LogP contribution in [0.4, 0.5) is 0 Å². The van der Waals surface area contributed by atoms with Crippen molar-refractivity contribution in [1.29, 1.82) is 0 Å². The Balaban J connectivity index is 2.55. The first kappa shape index (κ1) is 10.5. The summed E-state index contributed by atoms with van der Waals surface area (Å²) in [7, 11) is 1.62. The van der Waals surface area contributed by atoms with Crippen molar-refractivity contribution in [2.75, 3.05) is 7.11 Å². The molecule has 1 N–H and O–H groups in total. The second-order valence-electron chi connectivity index (χ2n) is 3.66. The zero-order valence-corrected chi connectivity index (χ0v) is 8.49. The number of aliphatic hydroxyl groups excluding tert-OH is 1. The Labute approximate surface area is 79.3 Å². The Morgan fingerprint density at radius 2 is 2.31 bits per heavy atom. The summed E-state index contributed by atoms with van der Waals surface area (Å²) in [5.41, 5.74) is 0. The van der Waals surface area contributed by atoms with Gasteiger partial charge in [0.25, 0.3) is 0 Å². The highest BCUT2D eigenvalue weighted by molar-refractivity contribution is 5.03. The molecule has 0 saturated carbocycles. The standard InChI is InChI=1S/C10H18O3/c1-7(2)10(11)8-5-4-6-9(12-3)13-8/h5,7,9-11H,4,6H2,1-3H3. The number of hydrogen-bond acceptors (Lipinski definition) is 3. The molecule has 0 aromatic heterocycles. The Kier molecular flexibility index (Phi) is 3.75. The van der Waals surface area contributed by atoms with E-state index in [1.54, 1.807) is 7.11 Å². The van der Waals surface area contributed by atoms with Crippen LogP contribution in [0.3, 0.4) is 0 Å². The zero-order valence-electron chi connectivity index (χ0n) is 8.49. The van der Waals surface area contributed by atoms with Crippen LogP contribution in [0.2, 0.25) is 0 Å². The molecule has 3 heteroatoms. The highest BCUT2D eigenvalue weighted by Gasteiger charge is 2.22. The number of allylic oxidation sites excluding steroid dienone is 1. The van der Waals surface area contributed by atoms with Crippen molar-refractivity contribution in [3.8, 4) is 0 Å². The number of methoxy groups -OCH3 is 1. The molecule has 1 rings (SSSR count). The van der Waals surface area contributed by atoms with Crippen LogP contribution in [-0.4, -0.2) is 24.6 Å². The number of hydrogen-bond donors (Lipinski definition) is 1. The molecule has 76 valence electrons. The fraction of sp³-hybridized carbons (Fsp3) is 0.800. The highest BCUT2D eigenvalue weighted by Crippen LogP contribution is 2.22. The Morgan fingerprint density at radius 1 is 1.62 bits per heavy atom. The van der Waals surface area contributed by atoms with Gasteiger partial charge in [0.15, 0.2) is 6.29 Å². The van der Waals surface area contributed by atoms with Gasteiger partial charge in [-0.15, -0.1) is 0 Å². The molecule has 2 atom stereocenters. The lowest BCUT2D eigenvalue weighted by atomic mass is 10.0. The first-order chi connectivity index (χ1) is 6.15. The van der Waals surface area contributed by atoms with E-state index in [0.29, 0.717) is 5.76 Å². The van der Waals surface area contributed by atoms with E-state index < -0.39 is 6.10 Å². The van der Waals surface area contributed by atoms with Crippen molar-refractivity contribution >= 4 is 0 Å². The first-order valence-electron chi connectivity index (χ1n) is 4.72. The third-order valence-electron chi connectivity index (χ3n) is 2.20. The molecule has 3 nitrogen and oxygen atoms in total. The van der Waals surface area contributed by atoms with Gasteiger partial charge in [0.05, 0.1) is 0 Å². The van der Waals surface area contributed by atoms with Crippen LogP contribution in [0, 0.1) is 5.92 Å². The summed E-state index contributed by atoms with van der Waals surface area (Å²) in [5.74, 6) is 0.843. The van der Waals surface area contributed by atoms with Crippen LogP contribution in [0.25, 0.3) is 0 Å². The maximum atomic E-state index is 9.72. The van der Waals surface area contributed by atoms with Crippen molar-refractivity contribution in [2.24, 2.45) is 5.92 Å². The molecule has 0 spiro atoms. The van der Waals surface area contributed by atoms with E-state index in [-0.39, 0.29) is 12.2 Å². The number of aliphatic hydroxyl groups is 1. The molecule has 1 aliphatic rings. The SMILES string of the molecule is COC1CCC=C(C(O)C(C)C)O1. The molecule has 2 unspecified atom stereocenters. The summed E-state index contributed by atoms with van der Waals surface area (Å²) in [6, 6.07) is 0. The lowest BCUT2D eigenvalue weighted by Gasteiger charge is -2.27. The summed E-state index contributed by atoms with van der Waals surface area (Å²) in [6.45, 7) is 3.93. The van der Waals surface area contributed by atoms with Crippen LogP contribution in [-0.2, 0) is 9.47 Å². The van der Waals surface area contributed by atoms with Crippen LogP contribution < -0.4 is 0 Å². The van der Waals surface area contributed by atoms with Gasteiger partial charge in [-0.3, -0.25) is 0 Å². The van der Waals surface area contributed by atoms with Crippen molar-refractivity contribution in [1.82, 2.24) is 0 Å². The van der Waals surface area contributed by atoms with Crippen LogP contribution >= 0.6 is 0 Å². The smallest absolute Gasteiger partial charge is 0.199 e. The summed E-state index contributed by atoms with van der Waals surface area (Å²) in [6.07, 6.45) is 3.04. The van der Waals surface area contributed by atoms with Crippen molar-refractivity contribution in [3.05, 3.63) is 11.8 Å². The highest BCUT2D eigenvalue weighted by atomic mass is 16.7. The molecular formula is C10H18O3. The molecule has 1 aliphatic heterocycles. The van der Waals surface area contributed by atoms with Gasteiger partial charge in [0, 0.05) is 13.5 Å². The predicted octanol–water partition coefficient (Wildman–Crippen LogP) is 1.67. The minimum atomic E-state index is -0.502.